The van der Waals surface area contributed by atoms with Crippen LogP contribution in [0.3, 0.4) is 0 Å². The Bertz CT molecular complexity index is 2720. The summed E-state index contributed by atoms with van der Waals surface area (Å²) in [5.41, 5.74) is 12.0. The van der Waals surface area contributed by atoms with Crippen molar-refractivity contribution in [2.24, 2.45) is 0 Å². The van der Waals surface area contributed by atoms with E-state index >= 15 is 0 Å². The van der Waals surface area contributed by atoms with Crippen LogP contribution >= 0.6 is 11.8 Å². The van der Waals surface area contributed by atoms with Gasteiger partial charge in [0.1, 0.15) is 0 Å². The van der Waals surface area contributed by atoms with E-state index < -0.39 is 8.07 Å². The normalized spacial score (nSPS) is 12.3. The highest BCUT2D eigenvalue weighted by Crippen LogP contribution is 2.38. The van der Waals surface area contributed by atoms with Gasteiger partial charge in [-0.05, 0) is 84.0 Å². The molecule has 4 heteroatoms. The Kier molecular flexibility index (Phi) is 8.20. The standard InChI is InChI=1S/C50H36N2SSi/c1-5-16-36(17-6-1)38-21-15-26-45(31-38)54(43-22-9-3-10-23-43,44-24-11-4-12-25-44)46-32-41(37-18-7-2-8-19-37)30-42(33-46)39-28-29-47-49(34-39)52-48-27-14-13-20-40(48)35-53-50(52)51-47/h1-34H,35H2. The lowest BCUT2D eigenvalue weighted by atomic mass is 9.98. The monoisotopic (exact) mass is 724 g/mol. The Morgan fingerprint density at radius 3 is 1.61 bits per heavy atom. The van der Waals surface area contributed by atoms with Gasteiger partial charge < -0.3 is 0 Å². The maximum Gasteiger partial charge on any atom is 0.179 e. The minimum atomic E-state index is -2.93. The molecule has 2 nitrogen and oxygen atoms in total. The molecule has 0 saturated carbocycles. The van der Waals surface area contributed by atoms with Gasteiger partial charge in [-0.2, -0.15) is 0 Å². The van der Waals surface area contributed by atoms with Gasteiger partial charge in [0.25, 0.3) is 0 Å². The van der Waals surface area contributed by atoms with Crippen LogP contribution in [-0.4, -0.2) is 17.6 Å². The second-order valence-corrected chi connectivity index (χ2v) is 18.7. The molecule has 0 saturated heterocycles. The van der Waals surface area contributed by atoms with Gasteiger partial charge in [-0.25, -0.2) is 4.98 Å². The van der Waals surface area contributed by atoms with Crippen molar-refractivity contribution in [3.8, 4) is 39.1 Å². The number of aromatic nitrogens is 2. The summed E-state index contributed by atoms with van der Waals surface area (Å²) >= 11 is 1.81. The summed E-state index contributed by atoms with van der Waals surface area (Å²) in [4.78, 5) is 5.09. The molecule has 0 bridgehead atoms. The van der Waals surface area contributed by atoms with Gasteiger partial charge in [-0.3, -0.25) is 4.57 Å². The van der Waals surface area contributed by atoms with Gasteiger partial charge >= 0.3 is 0 Å². The zero-order chi connectivity index (χ0) is 35.9. The lowest BCUT2D eigenvalue weighted by Crippen LogP contribution is -2.74. The van der Waals surface area contributed by atoms with Crippen LogP contribution in [0.1, 0.15) is 5.56 Å². The lowest BCUT2D eigenvalue weighted by molar-refractivity contribution is 0.894. The summed E-state index contributed by atoms with van der Waals surface area (Å²) in [6.45, 7) is 0. The second kappa shape index (κ2) is 13.6. The van der Waals surface area contributed by atoms with Crippen LogP contribution in [0.15, 0.2) is 211 Å². The summed E-state index contributed by atoms with van der Waals surface area (Å²) in [7, 11) is -2.93. The van der Waals surface area contributed by atoms with E-state index in [4.69, 9.17) is 4.98 Å². The molecule has 0 radical (unpaired) electrons. The number of para-hydroxylation sites is 1. The highest BCUT2D eigenvalue weighted by molar-refractivity contribution is 7.98. The van der Waals surface area contributed by atoms with Crippen molar-refractivity contribution in [3.63, 3.8) is 0 Å². The maximum atomic E-state index is 5.09. The van der Waals surface area contributed by atoms with Crippen molar-refractivity contribution in [2.45, 2.75) is 10.9 Å². The summed E-state index contributed by atoms with van der Waals surface area (Å²) in [6.07, 6.45) is 0. The van der Waals surface area contributed by atoms with Crippen molar-refractivity contribution < 1.29 is 0 Å². The molecule has 8 aromatic carbocycles. The average molecular weight is 725 g/mol. The van der Waals surface area contributed by atoms with Crippen molar-refractivity contribution in [3.05, 3.63) is 212 Å². The van der Waals surface area contributed by atoms with E-state index in [0.29, 0.717) is 0 Å². The van der Waals surface area contributed by atoms with Crippen LogP contribution in [-0.2, 0) is 5.75 Å². The second-order valence-electron chi connectivity index (χ2n) is 13.9. The van der Waals surface area contributed by atoms with E-state index in [1.54, 1.807) is 0 Å². The number of fused-ring (bicyclic) bond motifs is 5. The molecule has 10 rings (SSSR count). The van der Waals surface area contributed by atoms with Crippen molar-refractivity contribution in [1.29, 1.82) is 0 Å². The van der Waals surface area contributed by atoms with Gasteiger partial charge in [-0.15, -0.1) is 0 Å². The first kappa shape index (κ1) is 32.4. The topological polar surface area (TPSA) is 17.8 Å². The summed E-state index contributed by atoms with van der Waals surface area (Å²) in [6, 6.07) is 76.3. The van der Waals surface area contributed by atoms with Crippen molar-refractivity contribution >= 4 is 51.6 Å². The minimum Gasteiger partial charge on any atom is -0.287 e. The largest absolute Gasteiger partial charge is 0.287 e. The number of thioether (sulfide) groups is 1. The molecule has 1 aromatic heterocycles. The van der Waals surface area contributed by atoms with Crippen LogP contribution < -0.4 is 20.7 Å². The Hall–Kier alpha value is -6.20. The lowest BCUT2D eigenvalue weighted by Gasteiger charge is -2.35. The number of nitrogens with zero attached hydrogens (tertiary/aromatic N) is 2. The molecular weight excluding hydrogens is 689 g/mol. The van der Waals surface area contributed by atoms with E-state index in [1.165, 1.54) is 65.4 Å². The molecule has 0 aliphatic carbocycles. The molecule has 2 heterocycles. The van der Waals surface area contributed by atoms with Crippen molar-refractivity contribution in [1.82, 2.24) is 9.55 Å². The molecule has 0 spiro atoms. The van der Waals surface area contributed by atoms with Crippen LogP contribution in [0.25, 0.3) is 50.1 Å². The summed E-state index contributed by atoms with van der Waals surface area (Å²) in [5, 5.41) is 6.46. The van der Waals surface area contributed by atoms with E-state index in [-0.39, 0.29) is 0 Å². The smallest absolute Gasteiger partial charge is 0.179 e. The first-order valence-corrected chi connectivity index (χ1v) is 21.5. The highest BCUT2D eigenvalue weighted by Gasteiger charge is 2.42. The molecule has 9 aromatic rings. The van der Waals surface area contributed by atoms with E-state index in [1.807, 2.05) is 11.8 Å². The number of rotatable bonds is 7. The molecule has 0 unspecified atom stereocenters. The number of imidazole rings is 1. The van der Waals surface area contributed by atoms with Gasteiger partial charge in [0, 0.05) is 5.75 Å². The molecule has 0 amide bonds. The molecule has 1 aliphatic heterocycles. The maximum absolute atomic E-state index is 5.09. The number of hydrogen-bond acceptors (Lipinski definition) is 2. The third-order valence-electron chi connectivity index (χ3n) is 10.8. The molecular formula is C50H36N2SSi. The third kappa shape index (κ3) is 5.54. The minimum absolute atomic E-state index is 0.936. The first-order valence-electron chi connectivity index (χ1n) is 18.5. The van der Waals surface area contributed by atoms with Gasteiger partial charge in [0.05, 0.1) is 16.7 Å². The fraction of sp³-hybridized carbons (Fsp3) is 0.0200. The molecule has 0 atom stereocenters. The Morgan fingerprint density at radius 2 is 0.926 bits per heavy atom. The van der Waals surface area contributed by atoms with Crippen molar-refractivity contribution in [2.75, 3.05) is 0 Å². The Morgan fingerprint density at radius 1 is 0.407 bits per heavy atom. The van der Waals surface area contributed by atoms with Gasteiger partial charge in [-0.1, -0.05) is 194 Å². The van der Waals surface area contributed by atoms with Crippen LogP contribution in [0.4, 0.5) is 0 Å². The predicted molar refractivity (Wildman–Crippen MR) is 231 cm³/mol. The Labute approximate surface area is 321 Å². The molecule has 1 aliphatic rings. The zero-order valence-corrected chi connectivity index (χ0v) is 31.5. The number of benzene rings is 8. The van der Waals surface area contributed by atoms with E-state index in [0.717, 1.165) is 21.9 Å². The van der Waals surface area contributed by atoms with Gasteiger partial charge in [0.2, 0.25) is 0 Å². The van der Waals surface area contributed by atoms with Crippen LogP contribution in [0, 0.1) is 0 Å². The zero-order valence-electron chi connectivity index (χ0n) is 29.6. The highest BCUT2D eigenvalue weighted by atomic mass is 32.2. The molecule has 256 valence electrons. The van der Waals surface area contributed by atoms with Crippen LogP contribution in [0.2, 0.25) is 0 Å². The first-order chi connectivity index (χ1) is 26.8. The van der Waals surface area contributed by atoms with E-state index in [9.17, 15) is 0 Å². The van der Waals surface area contributed by atoms with E-state index in [2.05, 4.69) is 211 Å². The molecule has 0 fully saturated rings. The summed E-state index contributed by atoms with van der Waals surface area (Å²) < 4.78 is 2.35. The van der Waals surface area contributed by atoms with Gasteiger partial charge in [0.15, 0.2) is 13.2 Å². The molecule has 0 N–H and O–H groups in total. The predicted octanol–water partition coefficient (Wildman–Crippen LogP) is 10.0. The number of hydrogen-bond donors (Lipinski definition) is 0. The van der Waals surface area contributed by atoms with Crippen LogP contribution in [0.5, 0.6) is 0 Å². The average Bonchev–Trinajstić information content (AvgIpc) is 3.64. The quantitative estimate of drug-likeness (QED) is 0.120. The fourth-order valence-electron chi connectivity index (χ4n) is 8.30. The Balaban J connectivity index is 1.27. The third-order valence-corrected chi connectivity index (χ3v) is 16.6. The molecule has 54 heavy (non-hydrogen) atoms. The SMILES string of the molecule is c1ccc(-c2cccc([Si](c3ccccc3)(c3ccccc3)c3cc(-c4ccccc4)cc(-c4ccc5nc6n(c5c4)-c4ccccc4CS6)c3)c2)cc1. The fourth-order valence-corrected chi connectivity index (χ4v) is 14.2. The summed E-state index contributed by atoms with van der Waals surface area (Å²) in [5.74, 6) is 0.936.